The maximum Gasteiger partial charge on any atom is 0.143 e. The first-order valence-electron chi connectivity index (χ1n) is 6.40. The molecule has 2 rings (SSSR count). The molecule has 1 aromatic carbocycles. The van der Waals surface area contributed by atoms with Crippen LogP contribution in [0.4, 0.5) is 5.69 Å². The van der Waals surface area contributed by atoms with Gasteiger partial charge in [-0.15, -0.1) is 0 Å². The van der Waals surface area contributed by atoms with E-state index in [1.165, 1.54) is 0 Å². The zero-order chi connectivity index (χ0) is 13.8. The van der Waals surface area contributed by atoms with Crippen LogP contribution >= 0.6 is 0 Å². The Labute approximate surface area is 113 Å². The highest BCUT2D eigenvalue weighted by Gasteiger charge is 2.17. The fourth-order valence-electron chi connectivity index (χ4n) is 2.14. The smallest absolute Gasteiger partial charge is 0.143 e. The first-order chi connectivity index (χ1) is 9.15. The Bertz CT molecular complexity index is 607. The molecule has 0 spiro atoms. The monoisotopic (exact) mass is 254 g/mol. The topological polar surface area (TPSA) is 53.6 Å². The molecule has 0 aliphatic carbocycles. The van der Waals surface area contributed by atoms with Crippen molar-refractivity contribution in [3.05, 3.63) is 47.3 Å². The average Bonchev–Trinajstić information content (AvgIpc) is 2.79. The molecule has 98 valence electrons. The molecule has 1 aromatic heterocycles. The van der Waals surface area contributed by atoms with Gasteiger partial charge in [0.2, 0.25) is 0 Å². The quantitative estimate of drug-likeness (QED) is 0.912. The normalized spacial score (nSPS) is 11.9. The van der Waals surface area contributed by atoms with Gasteiger partial charge >= 0.3 is 0 Å². The molecule has 1 unspecified atom stereocenters. The number of hydrogen-bond donors (Lipinski definition) is 1. The van der Waals surface area contributed by atoms with Gasteiger partial charge in [-0.25, -0.2) is 0 Å². The second-order valence-corrected chi connectivity index (χ2v) is 4.58. The average molecular weight is 254 g/mol. The van der Waals surface area contributed by atoms with Crippen LogP contribution in [-0.4, -0.2) is 9.78 Å². The second kappa shape index (κ2) is 5.57. The summed E-state index contributed by atoms with van der Waals surface area (Å²) in [6, 6.07) is 9.92. The molecule has 0 fully saturated rings. The Morgan fingerprint density at radius 2 is 2.16 bits per heavy atom. The molecule has 0 saturated heterocycles. The predicted molar refractivity (Wildman–Crippen MR) is 75.7 cm³/mol. The van der Waals surface area contributed by atoms with Crippen molar-refractivity contribution in [3.8, 4) is 6.07 Å². The largest absolute Gasteiger partial charge is 0.366 e. The standard InChI is InChI=1S/C15H18N4/c1-4-13-12(10-19(3)18-13)15(9-16)17-14-8-6-5-7-11(14)2/h5-8,10,15,17H,4H2,1-3H3. The number of anilines is 1. The third-order valence-electron chi connectivity index (χ3n) is 3.16. The van der Waals surface area contributed by atoms with E-state index < -0.39 is 0 Å². The summed E-state index contributed by atoms with van der Waals surface area (Å²) in [6.07, 6.45) is 2.74. The van der Waals surface area contributed by atoms with Gasteiger partial charge in [0.1, 0.15) is 6.04 Å². The number of nitrogens with one attached hydrogen (secondary N) is 1. The first-order valence-corrected chi connectivity index (χ1v) is 6.40. The Balaban J connectivity index is 2.31. The summed E-state index contributed by atoms with van der Waals surface area (Å²) < 4.78 is 1.76. The molecule has 0 aliphatic rings. The first kappa shape index (κ1) is 13.2. The summed E-state index contributed by atoms with van der Waals surface area (Å²) in [5, 5.41) is 17.1. The molecular weight excluding hydrogens is 236 g/mol. The third kappa shape index (κ3) is 2.76. The summed E-state index contributed by atoms with van der Waals surface area (Å²) in [6.45, 7) is 4.08. The minimum absolute atomic E-state index is 0.371. The van der Waals surface area contributed by atoms with Gasteiger partial charge in [0.05, 0.1) is 11.8 Å². The lowest BCUT2D eigenvalue weighted by Gasteiger charge is -2.14. The van der Waals surface area contributed by atoms with Crippen molar-refractivity contribution >= 4 is 5.69 Å². The zero-order valence-electron chi connectivity index (χ0n) is 11.5. The Hall–Kier alpha value is -2.28. The van der Waals surface area contributed by atoms with E-state index in [2.05, 4.69) is 16.5 Å². The number of aromatic nitrogens is 2. The van der Waals surface area contributed by atoms with Crippen LogP contribution in [0, 0.1) is 18.3 Å². The maximum atomic E-state index is 9.41. The summed E-state index contributed by atoms with van der Waals surface area (Å²) in [5.41, 5.74) is 4.04. The van der Waals surface area contributed by atoms with Crippen LogP contribution in [0.25, 0.3) is 0 Å². The van der Waals surface area contributed by atoms with Crippen molar-refractivity contribution in [3.63, 3.8) is 0 Å². The summed E-state index contributed by atoms with van der Waals surface area (Å²) in [4.78, 5) is 0. The molecule has 0 aliphatic heterocycles. The molecule has 1 heterocycles. The molecule has 1 N–H and O–H groups in total. The molecule has 0 bridgehead atoms. The minimum Gasteiger partial charge on any atom is -0.366 e. The van der Waals surface area contributed by atoms with E-state index in [-0.39, 0.29) is 6.04 Å². The molecular formula is C15H18N4. The molecule has 4 heteroatoms. The highest BCUT2D eigenvalue weighted by atomic mass is 15.3. The molecule has 0 radical (unpaired) electrons. The third-order valence-corrected chi connectivity index (χ3v) is 3.16. The van der Waals surface area contributed by atoms with Crippen molar-refractivity contribution in [1.29, 1.82) is 5.26 Å². The maximum absolute atomic E-state index is 9.41. The lowest BCUT2D eigenvalue weighted by Crippen LogP contribution is -2.10. The number of benzene rings is 1. The van der Waals surface area contributed by atoms with Crippen molar-refractivity contribution < 1.29 is 0 Å². The van der Waals surface area contributed by atoms with Gasteiger partial charge in [0.25, 0.3) is 0 Å². The van der Waals surface area contributed by atoms with E-state index in [0.717, 1.165) is 28.9 Å². The number of aryl methyl sites for hydroxylation is 3. The molecule has 0 saturated carbocycles. The lowest BCUT2D eigenvalue weighted by atomic mass is 10.1. The highest BCUT2D eigenvalue weighted by molar-refractivity contribution is 5.53. The summed E-state index contributed by atoms with van der Waals surface area (Å²) in [5.74, 6) is 0. The van der Waals surface area contributed by atoms with Crippen LogP contribution in [0.2, 0.25) is 0 Å². The summed E-state index contributed by atoms with van der Waals surface area (Å²) >= 11 is 0. The van der Waals surface area contributed by atoms with Crippen molar-refractivity contribution in [1.82, 2.24) is 9.78 Å². The molecule has 4 nitrogen and oxygen atoms in total. The van der Waals surface area contributed by atoms with Gasteiger partial charge in [-0.1, -0.05) is 25.1 Å². The van der Waals surface area contributed by atoms with Crippen LogP contribution in [0.15, 0.2) is 30.5 Å². The van der Waals surface area contributed by atoms with Gasteiger partial charge in [0, 0.05) is 24.5 Å². The van der Waals surface area contributed by atoms with Crippen LogP contribution in [-0.2, 0) is 13.5 Å². The van der Waals surface area contributed by atoms with Gasteiger partial charge in [-0.3, -0.25) is 4.68 Å². The van der Waals surface area contributed by atoms with E-state index in [1.54, 1.807) is 4.68 Å². The van der Waals surface area contributed by atoms with E-state index in [1.807, 2.05) is 51.4 Å². The van der Waals surface area contributed by atoms with Crippen LogP contribution in [0.5, 0.6) is 0 Å². The minimum atomic E-state index is -0.371. The van der Waals surface area contributed by atoms with Crippen molar-refractivity contribution in [2.75, 3.05) is 5.32 Å². The number of nitrogens with zero attached hydrogens (tertiary/aromatic N) is 3. The molecule has 2 aromatic rings. The van der Waals surface area contributed by atoms with E-state index >= 15 is 0 Å². The van der Waals surface area contributed by atoms with Crippen LogP contribution < -0.4 is 5.32 Å². The van der Waals surface area contributed by atoms with Gasteiger partial charge < -0.3 is 5.32 Å². The van der Waals surface area contributed by atoms with Crippen molar-refractivity contribution in [2.45, 2.75) is 26.3 Å². The Morgan fingerprint density at radius 3 is 2.79 bits per heavy atom. The van der Waals surface area contributed by atoms with Gasteiger partial charge in [-0.05, 0) is 25.0 Å². The molecule has 1 atom stereocenters. The van der Waals surface area contributed by atoms with Crippen molar-refractivity contribution in [2.24, 2.45) is 7.05 Å². The summed E-state index contributed by atoms with van der Waals surface area (Å²) in [7, 11) is 1.88. The molecule has 0 amide bonds. The van der Waals surface area contributed by atoms with E-state index in [0.29, 0.717) is 0 Å². The van der Waals surface area contributed by atoms with Gasteiger partial charge in [-0.2, -0.15) is 10.4 Å². The van der Waals surface area contributed by atoms with Gasteiger partial charge in [0.15, 0.2) is 0 Å². The SMILES string of the molecule is CCc1nn(C)cc1C(C#N)Nc1ccccc1C. The number of nitriles is 1. The van der Waals surface area contributed by atoms with Crippen LogP contribution in [0.1, 0.15) is 29.8 Å². The number of hydrogen-bond acceptors (Lipinski definition) is 3. The van der Waals surface area contributed by atoms with E-state index in [9.17, 15) is 5.26 Å². The second-order valence-electron chi connectivity index (χ2n) is 4.58. The highest BCUT2D eigenvalue weighted by Crippen LogP contribution is 2.24. The van der Waals surface area contributed by atoms with Crippen LogP contribution in [0.3, 0.4) is 0 Å². The zero-order valence-corrected chi connectivity index (χ0v) is 11.5. The Morgan fingerprint density at radius 1 is 1.42 bits per heavy atom. The van der Waals surface area contributed by atoms with E-state index in [4.69, 9.17) is 0 Å². The number of rotatable bonds is 4. The lowest BCUT2D eigenvalue weighted by molar-refractivity contribution is 0.746. The fourth-order valence-corrected chi connectivity index (χ4v) is 2.14. The molecule has 19 heavy (non-hydrogen) atoms. The fraction of sp³-hybridized carbons (Fsp3) is 0.333. The Kier molecular flexibility index (Phi) is 3.86. The number of para-hydroxylation sites is 1. The predicted octanol–water partition coefficient (Wildman–Crippen LogP) is 2.97.